The molecule has 0 amide bonds. The van der Waals surface area contributed by atoms with Crippen LogP contribution in [0, 0.1) is 0 Å². The van der Waals surface area contributed by atoms with E-state index in [2.05, 4.69) is 126 Å². The molecule has 0 saturated carbocycles. The number of para-hydroxylation sites is 2. The fraction of sp³-hybridized carbons (Fsp3) is 0.447. The van der Waals surface area contributed by atoms with Gasteiger partial charge in [0.25, 0.3) is 0 Å². The molecule has 0 bridgehead atoms. The molecular weight excluding hydrogens is 579 g/mol. The quantitative estimate of drug-likeness (QED) is 0.0714. The van der Waals surface area contributed by atoms with Gasteiger partial charge < -0.3 is 10.6 Å². The topological polar surface area (TPSA) is 71.0 Å². The van der Waals surface area contributed by atoms with Gasteiger partial charge >= 0.3 is 0 Å². The molecule has 0 unspecified atom stereocenters. The second-order valence-corrected chi connectivity index (χ2v) is 14.1. The summed E-state index contributed by atoms with van der Waals surface area (Å²) in [7, 11) is 0. The van der Waals surface area contributed by atoms with Crippen LogP contribution in [0.5, 0.6) is 0 Å². The van der Waals surface area contributed by atoms with Crippen molar-refractivity contribution in [2.75, 3.05) is 23.7 Å². The number of unbranched alkanes of at least 4 members (excludes halogenated alkanes) is 3. The Kier molecular flexibility index (Phi) is 10.8. The van der Waals surface area contributed by atoms with Crippen LogP contribution in [0.1, 0.15) is 90.7 Å². The number of nitrogens with zero attached hydrogens (tertiary/aromatic N) is 2. The number of anilines is 1. The zero-order chi connectivity index (χ0) is 32.0. The highest BCUT2D eigenvalue weighted by Crippen LogP contribution is 2.48. The van der Waals surface area contributed by atoms with Crippen molar-refractivity contribution in [3.63, 3.8) is 0 Å². The predicted molar refractivity (Wildman–Crippen MR) is 188 cm³/mol. The molecule has 2 aromatic rings. The number of hydrogen-bond donors (Lipinski definition) is 2. The summed E-state index contributed by atoms with van der Waals surface area (Å²) in [6, 6.07) is 17.6. The van der Waals surface area contributed by atoms with Crippen LogP contribution < -0.4 is 10.6 Å². The first-order valence-electron chi connectivity index (χ1n) is 16.5. The molecule has 2 heterocycles. The zero-order valence-electron chi connectivity index (χ0n) is 27.6. The van der Waals surface area contributed by atoms with Crippen LogP contribution in [0.3, 0.4) is 0 Å². The van der Waals surface area contributed by atoms with Crippen molar-refractivity contribution in [2.24, 2.45) is 5.73 Å². The van der Waals surface area contributed by atoms with Crippen molar-refractivity contribution < 1.29 is 19.2 Å². The Labute approximate surface area is 274 Å². The van der Waals surface area contributed by atoms with Gasteiger partial charge in [-0.3, -0.25) is 0 Å². The number of hydrogen-bond acceptors (Lipinski definition) is 6. The molecule has 2 aromatic carbocycles. The highest BCUT2D eigenvalue weighted by Gasteiger charge is 2.44. The molecule has 0 radical (unpaired) electrons. The average Bonchev–Trinajstić information content (AvgIpc) is 3.57. The van der Waals surface area contributed by atoms with Gasteiger partial charge in [0.05, 0.1) is 5.41 Å². The van der Waals surface area contributed by atoms with Crippen molar-refractivity contribution in [3.05, 3.63) is 107 Å². The maximum atomic E-state index is 8.38. The van der Waals surface area contributed by atoms with Crippen LogP contribution in [0.25, 0.3) is 0 Å². The third kappa shape index (κ3) is 6.87. The second-order valence-electron chi connectivity index (χ2n) is 13.4. The van der Waals surface area contributed by atoms with E-state index in [-0.39, 0.29) is 10.8 Å². The lowest BCUT2D eigenvalue weighted by molar-refractivity contribution is -0.438. The molecule has 5 rings (SSSR count). The van der Waals surface area contributed by atoms with Gasteiger partial charge in [-0.2, -0.15) is 4.58 Å². The molecule has 240 valence electrons. The molecule has 45 heavy (non-hydrogen) atoms. The minimum atomic E-state index is -0.114. The van der Waals surface area contributed by atoms with Crippen LogP contribution in [0.15, 0.2) is 95.4 Å². The molecule has 7 heteroatoms. The highest BCUT2D eigenvalue weighted by molar-refractivity contribution is 7.94. The van der Waals surface area contributed by atoms with E-state index in [1.807, 2.05) is 0 Å². The van der Waals surface area contributed by atoms with E-state index < -0.39 is 0 Å². The van der Waals surface area contributed by atoms with E-state index in [0.717, 1.165) is 62.3 Å². The molecule has 0 spiro atoms. The largest absolute Gasteiger partial charge is 0.398 e. The van der Waals surface area contributed by atoms with Crippen LogP contribution in [-0.4, -0.2) is 34.4 Å². The molecule has 3 aliphatic rings. The molecule has 3 N–H and O–H groups in total. The van der Waals surface area contributed by atoms with Crippen molar-refractivity contribution in [1.29, 1.82) is 0 Å². The van der Waals surface area contributed by atoms with Crippen LogP contribution in [0.4, 0.5) is 11.4 Å². The van der Waals surface area contributed by atoms with Gasteiger partial charge in [-0.1, -0.05) is 80.8 Å². The summed E-state index contributed by atoms with van der Waals surface area (Å²) in [4.78, 5) is 2.46. The standard InChI is InChI=1S/C38H49N3O3S/c1-6-7-12-25-40-32-17-10-8-15-30(32)37(2,3)34(40)23-21-28-19-20-29(36(28)39)22-24-35-38(4,5)31-16-9-11-18-33(31)41(35)26-13-14-27-45-44-43-42/h8-11,15-18,21-24,39,42H,6-7,12-14,19-20,25-27H2,1-5H3/p+1/b29-22+,35-24+. The zero-order valence-corrected chi connectivity index (χ0v) is 28.5. The Morgan fingerprint density at radius 1 is 0.911 bits per heavy atom. The monoisotopic (exact) mass is 628 g/mol. The molecule has 0 saturated heterocycles. The Morgan fingerprint density at radius 2 is 1.67 bits per heavy atom. The first kappa shape index (κ1) is 33.3. The van der Waals surface area contributed by atoms with Gasteiger partial charge in [0.15, 0.2) is 5.71 Å². The Bertz CT molecular complexity index is 1530. The van der Waals surface area contributed by atoms with Crippen LogP contribution in [-0.2, 0) is 20.2 Å². The predicted octanol–water partition coefficient (Wildman–Crippen LogP) is 9.27. The fourth-order valence-corrected chi connectivity index (χ4v) is 7.65. The normalized spacial score (nSPS) is 20.4. The summed E-state index contributed by atoms with van der Waals surface area (Å²) in [5.74, 6) is 0.749. The minimum absolute atomic E-state index is 0.0544. The molecule has 0 atom stereocenters. The third-order valence-corrected chi connectivity index (χ3v) is 10.4. The highest BCUT2D eigenvalue weighted by atomic mass is 32.2. The summed E-state index contributed by atoms with van der Waals surface area (Å²) >= 11 is 1.12. The summed E-state index contributed by atoms with van der Waals surface area (Å²) < 4.78 is 7.08. The summed E-state index contributed by atoms with van der Waals surface area (Å²) in [6.07, 6.45) is 16.7. The van der Waals surface area contributed by atoms with Crippen molar-refractivity contribution in [3.8, 4) is 0 Å². The van der Waals surface area contributed by atoms with Crippen LogP contribution >= 0.6 is 12.0 Å². The number of nitrogens with two attached hydrogens (primary N) is 1. The fourth-order valence-electron chi connectivity index (χ4n) is 7.22. The van der Waals surface area contributed by atoms with Gasteiger partial charge in [0.2, 0.25) is 5.69 Å². The summed E-state index contributed by atoms with van der Waals surface area (Å²) in [5, 5.41) is 12.1. The van der Waals surface area contributed by atoms with Gasteiger partial charge in [-0.25, -0.2) is 5.26 Å². The third-order valence-electron chi connectivity index (χ3n) is 9.76. The second kappa shape index (κ2) is 14.5. The summed E-state index contributed by atoms with van der Waals surface area (Å²) in [5.41, 5.74) is 18.0. The van der Waals surface area contributed by atoms with Gasteiger partial charge in [0, 0.05) is 71.0 Å². The van der Waals surface area contributed by atoms with Crippen molar-refractivity contribution in [2.45, 2.75) is 90.4 Å². The van der Waals surface area contributed by atoms with Crippen molar-refractivity contribution >= 4 is 29.1 Å². The van der Waals surface area contributed by atoms with Crippen molar-refractivity contribution in [1.82, 2.24) is 0 Å². The lowest BCUT2D eigenvalue weighted by Gasteiger charge is -2.27. The molecule has 0 aromatic heterocycles. The Hall–Kier alpha value is -3.10. The maximum Gasteiger partial charge on any atom is 0.209 e. The van der Waals surface area contributed by atoms with E-state index in [1.165, 1.54) is 64.3 Å². The SMILES string of the molecule is CCCCC[N+]1=C(/C=C/C2=C(N)C(=C/C=C3/N(CCCCSOOO)c4ccccc4C3(C)C)/CC2)C(C)(C)c2ccccc21. The smallest absolute Gasteiger partial charge is 0.209 e. The number of allylic oxidation sites excluding steroid dienone is 7. The van der Waals surface area contributed by atoms with E-state index in [1.54, 1.807) is 0 Å². The van der Waals surface area contributed by atoms with Gasteiger partial charge in [-0.05, 0) is 74.8 Å². The van der Waals surface area contributed by atoms with E-state index in [9.17, 15) is 0 Å². The number of rotatable bonds is 14. The lowest BCUT2D eigenvalue weighted by Crippen LogP contribution is -2.28. The molecule has 6 nitrogen and oxygen atoms in total. The molecule has 2 aliphatic heterocycles. The summed E-state index contributed by atoms with van der Waals surface area (Å²) in [6.45, 7) is 13.5. The maximum absolute atomic E-state index is 8.38. The van der Waals surface area contributed by atoms with E-state index >= 15 is 0 Å². The van der Waals surface area contributed by atoms with E-state index in [0.29, 0.717) is 0 Å². The number of fused-ring (bicyclic) bond motifs is 2. The first-order valence-corrected chi connectivity index (χ1v) is 17.4. The van der Waals surface area contributed by atoms with Crippen LogP contribution in [0.2, 0.25) is 0 Å². The minimum Gasteiger partial charge on any atom is -0.398 e. The van der Waals surface area contributed by atoms with E-state index in [4.69, 9.17) is 11.0 Å². The molecule has 0 fully saturated rings. The van der Waals surface area contributed by atoms with Gasteiger partial charge in [0.1, 0.15) is 6.54 Å². The Morgan fingerprint density at radius 3 is 2.44 bits per heavy atom. The molecular formula is C38H50N3O3S+. The molecule has 1 aliphatic carbocycles. The first-order chi connectivity index (χ1) is 21.7. The lowest BCUT2D eigenvalue weighted by atomic mass is 9.81. The number of benzene rings is 2. The van der Waals surface area contributed by atoms with Gasteiger partial charge in [-0.15, -0.1) is 4.33 Å². The average molecular weight is 629 g/mol. The Balaban J connectivity index is 1.39.